The Balaban J connectivity index is 1.96. The Hall–Kier alpha value is -2.55. The van der Waals surface area contributed by atoms with Crippen LogP contribution in [0.1, 0.15) is 15.9 Å². The standard InChI is InChI=1S/C16H12N2O/c19-16(13-4-3-8-17-11-13)10-12-7-9-18-15-6-2-1-5-14(12)15/h1-9,11H,10H2. The minimum absolute atomic E-state index is 0.0736. The number of hydrogen-bond donors (Lipinski definition) is 0. The highest BCUT2D eigenvalue weighted by Crippen LogP contribution is 2.17. The van der Waals surface area contributed by atoms with Gasteiger partial charge in [-0.1, -0.05) is 18.2 Å². The summed E-state index contributed by atoms with van der Waals surface area (Å²) in [6.07, 6.45) is 5.38. The van der Waals surface area contributed by atoms with Crippen molar-refractivity contribution >= 4 is 16.7 Å². The van der Waals surface area contributed by atoms with Gasteiger partial charge in [0.05, 0.1) is 5.52 Å². The molecule has 19 heavy (non-hydrogen) atoms. The molecular weight excluding hydrogens is 236 g/mol. The summed E-state index contributed by atoms with van der Waals surface area (Å²) in [6, 6.07) is 13.3. The fourth-order valence-electron chi connectivity index (χ4n) is 2.11. The molecule has 2 heterocycles. The molecule has 92 valence electrons. The van der Waals surface area contributed by atoms with E-state index in [9.17, 15) is 4.79 Å². The van der Waals surface area contributed by atoms with Crippen LogP contribution in [0.3, 0.4) is 0 Å². The molecule has 0 saturated heterocycles. The summed E-state index contributed by atoms with van der Waals surface area (Å²) in [6.45, 7) is 0. The van der Waals surface area contributed by atoms with Gasteiger partial charge in [-0.05, 0) is 29.8 Å². The molecule has 3 heteroatoms. The van der Waals surface area contributed by atoms with E-state index in [0.717, 1.165) is 16.5 Å². The molecule has 3 aromatic rings. The average Bonchev–Trinajstić information content (AvgIpc) is 2.48. The average molecular weight is 248 g/mol. The number of carbonyl (C=O) groups excluding carboxylic acids is 1. The lowest BCUT2D eigenvalue weighted by Crippen LogP contribution is -2.04. The number of para-hydroxylation sites is 1. The minimum Gasteiger partial charge on any atom is -0.294 e. The van der Waals surface area contributed by atoms with Crippen molar-refractivity contribution in [1.29, 1.82) is 0 Å². The van der Waals surface area contributed by atoms with Crippen LogP contribution in [0.2, 0.25) is 0 Å². The summed E-state index contributed by atoms with van der Waals surface area (Å²) in [5.74, 6) is 0.0736. The summed E-state index contributed by atoms with van der Waals surface area (Å²) in [5, 5.41) is 1.03. The van der Waals surface area contributed by atoms with Crippen LogP contribution in [-0.4, -0.2) is 15.8 Å². The Morgan fingerprint density at radius 1 is 1.00 bits per heavy atom. The third-order valence-electron chi connectivity index (χ3n) is 3.07. The fourth-order valence-corrected chi connectivity index (χ4v) is 2.11. The zero-order valence-electron chi connectivity index (χ0n) is 10.3. The Bertz CT molecular complexity index is 718. The van der Waals surface area contributed by atoms with E-state index in [2.05, 4.69) is 9.97 Å². The molecular formula is C16H12N2O. The van der Waals surface area contributed by atoms with Gasteiger partial charge in [-0.3, -0.25) is 14.8 Å². The van der Waals surface area contributed by atoms with Crippen molar-refractivity contribution in [2.45, 2.75) is 6.42 Å². The molecule has 0 radical (unpaired) electrons. The molecule has 0 atom stereocenters. The number of fused-ring (bicyclic) bond motifs is 1. The van der Waals surface area contributed by atoms with E-state index in [1.807, 2.05) is 30.3 Å². The highest BCUT2D eigenvalue weighted by atomic mass is 16.1. The topological polar surface area (TPSA) is 42.9 Å². The van der Waals surface area contributed by atoms with Crippen LogP contribution in [0, 0.1) is 0 Å². The number of rotatable bonds is 3. The maximum atomic E-state index is 12.2. The van der Waals surface area contributed by atoms with E-state index in [1.165, 1.54) is 0 Å². The normalized spacial score (nSPS) is 10.5. The first-order valence-corrected chi connectivity index (χ1v) is 6.10. The fraction of sp³-hybridized carbons (Fsp3) is 0.0625. The zero-order valence-corrected chi connectivity index (χ0v) is 10.3. The van der Waals surface area contributed by atoms with Crippen LogP contribution >= 0.6 is 0 Å². The largest absolute Gasteiger partial charge is 0.294 e. The number of hydrogen-bond acceptors (Lipinski definition) is 3. The van der Waals surface area contributed by atoms with Gasteiger partial charge in [0.2, 0.25) is 0 Å². The van der Waals surface area contributed by atoms with Crippen LogP contribution in [0.5, 0.6) is 0 Å². The van der Waals surface area contributed by atoms with Gasteiger partial charge in [-0.25, -0.2) is 0 Å². The summed E-state index contributed by atoms with van der Waals surface area (Å²) in [7, 11) is 0. The van der Waals surface area contributed by atoms with Crippen molar-refractivity contribution in [3.8, 4) is 0 Å². The van der Waals surface area contributed by atoms with Crippen LogP contribution in [0.4, 0.5) is 0 Å². The van der Waals surface area contributed by atoms with E-state index in [0.29, 0.717) is 12.0 Å². The molecule has 0 aliphatic rings. The Kier molecular flexibility index (Phi) is 3.02. The Morgan fingerprint density at radius 3 is 2.74 bits per heavy atom. The van der Waals surface area contributed by atoms with Gasteiger partial charge >= 0.3 is 0 Å². The van der Waals surface area contributed by atoms with Gasteiger partial charge in [-0.15, -0.1) is 0 Å². The SMILES string of the molecule is O=C(Cc1ccnc2ccccc12)c1cccnc1. The van der Waals surface area contributed by atoms with Gasteiger partial charge in [0.15, 0.2) is 5.78 Å². The molecule has 0 aliphatic heterocycles. The smallest absolute Gasteiger partial charge is 0.168 e. The Labute approximate surface area is 111 Å². The second kappa shape index (κ2) is 4.98. The lowest BCUT2D eigenvalue weighted by Gasteiger charge is -2.05. The summed E-state index contributed by atoms with van der Waals surface area (Å²) in [5.41, 5.74) is 2.56. The second-order valence-corrected chi connectivity index (χ2v) is 4.33. The van der Waals surface area contributed by atoms with Crippen molar-refractivity contribution in [3.05, 3.63) is 72.2 Å². The van der Waals surface area contributed by atoms with E-state index < -0.39 is 0 Å². The van der Waals surface area contributed by atoms with Crippen LogP contribution in [0.15, 0.2) is 61.1 Å². The van der Waals surface area contributed by atoms with Gasteiger partial charge < -0.3 is 0 Å². The van der Waals surface area contributed by atoms with Gasteiger partial charge in [0, 0.05) is 36.0 Å². The third kappa shape index (κ3) is 2.36. The van der Waals surface area contributed by atoms with E-state index in [4.69, 9.17) is 0 Å². The lowest BCUT2D eigenvalue weighted by molar-refractivity contribution is 0.0993. The molecule has 3 nitrogen and oxygen atoms in total. The predicted octanol–water partition coefficient (Wildman–Crippen LogP) is 3.06. The highest BCUT2D eigenvalue weighted by Gasteiger charge is 2.09. The Morgan fingerprint density at radius 2 is 1.89 bits per heavy atom. The van der Waals surface area contributed by atoms with Crippen LogP contribution < -0.4 is 0 Å². The molecule has 3 rings (SSSR count). The van der Waals surface area contributed by atoms with Crippen LogP contribution in [-0.2, 0) is 6.42 Å². The third-order valence-corrected chi connectivity index (χ3v) is 3.07. The van der Waals surface area contributed by atoms with Crippen molar-refractivity contribution in [2.24, 2.45) is 0 Å². The van der Waals surface area contributed by atoms with E-state index in [1.54, 1.807) is 30.7 Å². The van der Waals surface area contributed by atoms with Crippen molar-refractivity contribution in [2.75, 3.05) is 0 Å². The number of carbonyl (C=O) groups is 1. The molecule has 0 saturated carbocycles. The molecule has 0 fully saturated rings. The van der Waals surface area contributed by atoms with Gasteiger partial charge in [0.1, 0.15) is 0 Å². The van der Waals surface area contributed by atoms with Crippen molar-refractivity contribution in [1.82, 2.24) is 9.97 Å². The number of Topliss-reactive ketones (excluding diaryl/α,β-unsaturated/α-hetero) is 1. The van der Waals surface area contributed by atoms with E-state index in [-0.39, 0.29) is 5.78 Å². The first-order chi connectivity index (χ1) is 9.34. The lowest BCUT2D eigenvalue weighted by atomic mass is 10.0. The predicted molar refractivity (Wildman–Crippen MR) is 74.0 cm³/mol. The van der Waals surface area contributed by atoms with Crippen molar-refractivity contribution in [3.63, 3.8) is 0 Å². The first-order valence-electron chi connectivity index (χ1n) is 6.10. The van der Waals surface area contributed by atoms with E-state index >= 15 is 0 Å². The number of nitrogens with zero attached hydrogens (tertiary/aromatic N) is 2. The minimum atomic E-state index is 0.0736. The molecule has 1 aromatic carbocycles. The summed E-state index contributed by atoms with van der Waals surface area (Å²) < 4.78 is 0. The number of aromatic nitrogens is 2. The molecule has 0 N–H and O–H groups in total. The maximum absolute atomic E-state index is 12.2. The highest BCUT2D eigenvalue weighted by molar-refractivity contribution is 5.99. The number of ketones is 1. The second-order valence-electron chi connectivity index (χ2n) is 4.33. The first kappa shape index (κ1) is 11.5. The molecule has 0 amide bonds. The maximum Gasteiger partial charge on any atom is 0.168 e. The van der Waals surface area contributed by atoms with Gasteiger partial charge in [-0.2, -0.15) is 0 Å². The van der Waals surface area contributed by atoms with Crippen LogP contribution in [0.25, 0.3) is 10.9 Å². The molecule has 0 unspecified atom stereocenters. The molecule has 0 bridgehead atoms. The van der Waals surface area contributed by atoms with Crippen molar-refractivity contribution < 1.29 is 4.79 Å². The zero-order chi connectivity index (χ0) is 13.1. The summed E-state index contributed by atoms with van der Waals surface area (Å²) in [4.78, 5) is 20.5. The molecule has 0 aliphatic carbocycles. The summed E-state index contributed by atoms with van der Waals surface area (Å²) >= 11 is 0. The molecule has 0 spiro atoms. The monoisotopic (exact) mass is 248 g/mol. The number of pyridine rings is 2. The number of benzene rings is 1. The molecule has 2 aromatic heterocycles. The van der Waals surface area contributed by atoms with Gasteiger partial charge in [0.25, 0.3) is 0 Å². The quantitative estimate of drug-likeness (QED) is 0.669.